The second-order valence-electron chi connectivity index (χ2n) is 11.8. The van der Waals surface area contributed by atoms with E-state index in [1.807, 2.05) is 66.7 Å². The van der Waals surface area contributed by atoms with Crippen LogP contribution in [0.5, 0.6) is 0 Å². The first kappa shape index (κ1) is 32.2. The highest BCUT2D eigenvalue weighted by molar-refractivity contribution is 6.99. The maximum atomic E-state index is 12.3. The molecule has 0 bridgehead atoms. The molecule has 8 heteroatoms. The summed E-state index contributed by atoms with van der Waals surface area (Å²) in [5.41, 5.74) is -0.404. The number of benzene rings is 3. The topological polar surface area (TPSA) is 80.3 Å². The minimum atomic E-state index is -3.04. The zero-order valence-corrected chi connectivity index (χ0v) is 26.4. The first-order valence-corrected chi connectivity index (χ1v) is 16.3. The fraction of sp³-hybridized carbons (Fsp3) is 0.371. The molecule has 0 aliphatic carbocycles. The molecule has 0 N–H and O–H groups in total. The van der Waals surface area contributed by atoms with Crippen molar-refractivity contribution in [3.05, 3.63) is 96.6 Å². The Hall–Kier alpha value is -3.74. The lowest BCUT2D eigenvalue weighted by atomic mass is 9.92. The van der Waals surface area contributed by atoms with E-state index in [4.69, 9.17) is 29.8 Å². The summed E-state index contributed by atoms with van der Waals surface area (Å²) in [5, 5.41) is 1.84. The molecular formula is C35H40O7Si. The summed E-state index contributed by atoms with van der Waals surface area (Å²) in [5.74, 6) is 1.57. The van der Waals surface area contributed by atoms with Crippen molar-refractivity contribution in [3.63, 3.8) is 0 Å². The Labute approximate surface area is 255 Å². The molecule has 226 valence electrons. The van der Waals surface area contributed by atoms with Gasteiger partial charge in [0.2, 0.25) is 6.29 Å². The molecule has 3 aromatic rings. The second kappa shape index (κ2) is 13.7. The summed E-state index contributed by atoms with van der Waals surface area (Å²) < 4.78 is 31.5. The van der Waals surface area contributed by atoms with Crippen LogP contribution in [0.1, 0.15) is 46.6 Å². The maximum absolute atomic E-state index is 12.3. The molecule has 0 saturated carbocycles. The Balaban J connectivity index is 1.83. The van der Waals surface area contributed by atoms with Gasteiger partial charge in [-0.2, -0.15) is 0 Å². The van der Waals surface area contributed by atoms with Crippen LogP contribution in [0.25, 0.3) is 0 Å². The normalized spacial score (nSPS) is 22.0. The third-order valence-corrected chi connectivity index (χ3v) is 12.6. The summed E-state index contributed by atoms with van der Waals surface area (Å²) >= 11 is 0. The Morgan fingerprint density at radius 1 is 0.860 bits per heavy atom. The lowest BCUT2D eigenvalue weighted by molar-refractivity contribution is -0.207. The predicted octanol–water partition coefficient (Wildman–Crippen LogP) is 4.76. The monoisotopic (exact) mass is 600 g/mol. The van der Waals surface area contributed by atoms with E-state index in [0.717, 1.165) is 15.9 Å². The summed E-state index contributed by atoms with van der Waals surface area (Å²) in [4.78, 5) is 24.5. The molecule has 0 amide bonds. The summed E-state index contributed by atoms with van der Waals surface area (Å²) in [6.45, 7) is 9.28. The van der Waals surface area contributed by atoms with Crippen LogP contribution in [-0.2, 0) is 39.6 Å². The van der Waals surface area contributed by atoms with Crippen LogP contribution in [0.4, 0.5) is 0 Å². The number of terminal acetylenes is 1. The zero-order chi connectivity index (χ0) is 31.1. The molecule has 1 heterocycles. The first-order valence-electron chi connectivity index (χ1n) is 14.4. The fourth-order valence-corrected chi connectivity index (χ4v) is 10.5. The predicted molar refractivity (Wildman–Crippen MR) is 167 cm³/mol. The van der Waals surface area contributed by atoms with Crippen LogP contribution in [0.2, 0.25) is 5.04 Å². The van der Waals surface area contributed by atoms with Crippen LogP contribution < -0.4 is 10.4 Å². The van der Waals surface area contributed by atoms with Crippen LogP contribution in [0, 0.1) is 12.3 Å². The van der Waals surface area contributed by atoms with E-state index in [1.54, 1.807) is 0 Å². The lowest BCUT2D eigenvalue weighted by Gasteiger charge is -2.45. The minimum absolute atomic E-state index is 0.000529. The van der Waals surface area contributed by atoms with Gasteiger partial charge in [-0.25, -0.2) is 0 Å². The highest BCUT2D eigenvalue weighted by Gasteiger charge is 2.61. The number of hydrogen-bond donors (Lipinski definition) is 0. The first-order chi connectivity index (χ1) is 20.5. The van der Waals surface area contributed by atoms with Gasteiger partial charge < -0.3 is 23.4 Å². The highest BCUT2D eigenvalue weighted by Crippen LogP contribution is 2.43. The molecule has 43 heavy (non-hydrogen) atoms. The average molecular weight is 601 g/mol. The van der Waals surface area contributed by atoms with Crippen molar-refractivity contribution in [2.75, 3.05) is 6.61 Å². The molecule has 0 radical (unpaired) electrons. The smallest absolute Gasteiger partial charge is 0.305 e. The molecule has 0 spiro atoms. The van der Waals surface area contributed by atoms with Crippen molar-refractivity contribution >= 4 is 30.6 Å². The molecule has 3 aromatic carbocycles. The minimum Gasteiger partial charge on any atom is -0.453 e. The van der Waals surface area contributed by atoms with E-state index in [-0.39, 0.29) is 24.7 Å². The number of rotatable bonds is 11. The van der Waals surface area contributed by atoms with Crippen molar-refractivity contribution < 1.29 is 33.0 Å². The van der Waals surface area contributed by atoms with Gasteiger partial charge in [0.05, 0.1) is 13.2 Å². The molecule has 0 aromatic heterocycles. The molecule has 7 nitrogen and oxygen atoms in total. The summed E-state index contributed by atoms with van der Waals surface area (Å²) in [6, 6.07) is 30.0. The Morgan fingerprint density at radius 2 is 1.37 bits per heavy atom. The second-order valence-corrected chi connectivity index (χ2v) is 16.1. The maximum Gasteiger partial charge on any atom is 0.305 e. The molecular weight excluding hydrogens is 560 g/mol. The molecule has 1 aliphatic heterocycles. The number of esters is 2. The highest BCUT2D eigenvalue weighted by atomic mass is 28.4. The van der Waals surface area contributed by atoms with Gasteiger partial charge in [0.15, 0.2) is 6.10 Å². The van der Waals surface area contributed by atoms with Gasteiger partial charge >= 0.3 is 11.9 Å². The standard InChI is InChI=1S/C35H40O7Si/c1-7-23-35(25-39-43(34(4,5)6,29-19-13-9-14-20-29)30-21-15-10-16-22-30)32(38-24-28-17-11-8-12-18-28)31(40-26(2)36)33(42-35)41-27(3)37/h1,8-22,31-33H,23-25H2,2-6H3/t31-,32+,33?,35-/m1/s1. The van der Waals surface area contributed by atoms with E-state index in [9.17, 15) is 9.59 Å². The van der Waals surface area contributed by atoms with Crippen molar-refractivity contribution in [1.82, 2.24) is 0 Å². The van der Waals surface area contributed by atoms with Gasteiger partial charge in [-0.3, -0.25) is 9.59 Å². The molecule has 4 rings (SSSR count). The van der Waals surface area contributed by atoms with E-state index >= 15 is 0 Å². The number of ether oxygens (including phenoxy) is 4. The SMILES string of the molecule is C#CC[C@]1(CO[Si](c2ccccc2)(c2ccccc2)C(C)(C)C)OC(OC(C)=O)[C@H](OC(C)=O)[C@@H]1OCc1ccccc1. The summed E-state index contributed by atoms with van der Waals surface area (Å²) in [6.07, 6.45) is 2.80. The van der Waals surface area contributed by atoms with Gasteiger partial charge in [-0.1, -0.05) is 112 Å². The van der Waals surface area contributed by atoms with Gasteiger partial charge in [0.1, 0.15) is 11.7 Å². The van der Waals surface area contributed by atoms with Crippen molar-refractivity contribution in [2.24, 2.45) is 0 Å². The van der Waals surface area contributed by atoms with Crippen molar-refractivity contribution in [2.45, 2.75) is 76.8 Å². The van der Waals surface area contributed by atoms with E-state index in [1.165, 1.54) is 13.8 Å². The van der Waals surface area contributed by atoms with Gasteiger partial charge in [-0.05, 0) is 21.0 Å². The lowest BCUT2D eigenvalue weighted by Crippen LogP contribution is -2.68. The Bertz CT molecular complexity index is 1360. The largest absolute Gasteiger partial charge is 0.453 e. The van der Waals surface area contributed by atoms with Gasteiger partial charge in [0, 0.05) is 20.3 Å². The van der Waals surface area contributed by atoms with Crippen LogP contribution in [0.3, 0.4) is 0 Å². The molecule has 4 atom stereocenters. The Kier molecular flexibility index (Phi) is 10.3. The number of carbonyl (C=O) groups excluding carboxylic acids is 2. The average Bonchev–Trinajstić information content (AvgIpc) is 3.23. The van der Waals surface area contributed by atoms with E-state index < -0.39 is 44.4 Å². The molecule has 1 aliphatic rings. The van der Waals surface area contributed by atoms with Crippen LogP contribution in [-0.4, -0.2) is 51.0 Å². The van der Waals surface area contributed by atoms with E-state index in [0.29, 0.717) is 0 Å². The van der Waals surface area contributed by atoms with Crippen LogP contribution >= 0.6 is 0 Å². The third kappa shape index (κ3) is 7.08. The van der Waals surface area contributed by atoms with Crippen molar-refractivity contribution in [1.29, 1.82) is 0 Å². The molecule has 1 fully saturated rings. The van der Waals surface area contributed by atoms with E-state index in [2.05, 4.69) is 51.0 Å². The van der Waals surface area contributed by atoms with Gasteiger partial charge in [0.25, 0.3) is 8.32 Å². The van der Waals surface area contributed by atoms with Crippen LogP contribution in [0.15, 0.2) is 91.0 Å². The van der Waals surface area contributed by atoms with Crippen molar-refractivity contribution in [3.8, 4) is 12.3 Å². The number of hydrogen-bond acceptors (Lipinski definition) is 7. The third-order valence-electron chi connectivity index (χ3n) is 7.64. The Morgan fingerprint density at radius 3 is 1.84 bits per heavy atom. The number of carbonyl (C=O) groups is 2. The van der Waals surface area contributed by atoms with Gasteiger partial charge in [-0.15, -0.1) is 12.3 Å². The zero-order valence-electron chi connectivity index (χ0n) is 25.4. The molecule has 1 unspecified atom stereocenters. The fourth-order valence-electron chi connectivity index (χ4n) is 5.85. The molecule has 1 saturated heterocycles. The quantitative estimate of drug-likeness (QED) is 0.178. The summed E-state index contributed by atoms with van der Waals surface area (Å²) in [7, 11) is -3.04.